The van der Waals surface area contributed by atoms with Gasteiger partial charge in [0.15, 0.2) is 6.10 Å². The molecule has 0 spiro atoms. The van der Waals surface area contributed by atoms with E-state index in [-0.39, 0.29) is 5.91 Å². The monoisotopic (exact) mass is 472 g/mol. The highest BCUT2D eigenvalue weighted by Gasteiger charge is 2.19. The highest BCUT2D eigenvalue weighted by atomic mass is 35.5. The molecule has 0 bridgehead atoms. The largest absolute Gasteiger partial charge is 0.479 e. The Balaban J connectivity index is 1.47. The van der Waals surface area contributed by atoms with E-state index in [1.54, 1.807) is 25.1 Å². The Morgan fingerprint density at radius 3 is 2.56 bits per heavy atom. The molecule has 0 aliphatic carbocycles. The van der Waals surface area contributed by atoms with Gasteiger partial charge in [0.05, 0.1) is 10.5 Å². The van der Waals surface area contributed by atoms with Crippen LogP contribution in [0.2, 0.25) is 10.0 Å². The lowest BCUT2D eigenvalue weighted by molar-refractivity contribution is -0.122. The molecule has 32 heavy (non-hydrogen) atoms. The normalized spacial score (nSPS) is 15.6. The number of halogens is 2. The molecule has 1 aromatic heterocycles. The molecule has 1 aliphatic rings. The first-order valence-electron chi connectivity index (χ1n) is 10.6. The zero-order valence-corrected chi connectivity index (χ0v) is 19.9. The maximum absolute atomic E-state index is 12.7. The molecule has 1 saturated heterocycles. The van der Waals surface area contributed by atoms with Crippen LogP contribution < -0.4 is 15.0 Å². The van der Waals surface area contributed by atoms with Gasteiger partial charge >= 0.3 is 0 Å². The summed E-state index contributed by atoms with van der Waals surface area (Å²) in [5.74, 6) is 1.14. The summed E-state index contributed by atoms with van der Waals surface area (Å²) >= 11 is 12.1. The van der Waals surface area contributed by atoms with Crippen LogP contribution in [0.4, 0.5) is 11.5 Å². The Hall–Kier alpha value is -2.54. The van der Waals surface area contributed by atoms with E-state index in [1.165, 1.54) is 0 Å². The van der Waals surface area contributed by atoms with E-state index in [2.05, 4.69) is 35.2 Å². The number of benzene rings is 2. The Morgan fingerprint density at radius 2 is 1.84 bits per heavy atom. The summed E-state index contributed by atoms with van der Waals surface area (Å²) in [5, 5.41) is 4.80. The minimum atomic E-state index is -0.733. The first-order valence-corrected chi connectivity index (χ1v) is 11.3. The summed E-state index contributed by atoms with van der Waals surface area (Å²) in [4.78, 5) is 22.2. The summed E-state index contributed by atoms with van der Waals surface area (Å²) in [6, 6.07) is 12.8. The number of aromatic nitrogens is 1. The van der Waals surface area contributed by atoms with Crippen LogP contribution in [0.25, 0.3) is 10.9 Å². The van der Waals surface area contributed by atoms with Crippen molar-refractivity contribution in [3.63, 3.8) is 0 Å². The number of hydrogen-bond acceptors (Lipinski definition) is 5. The Labute approximate surface area is 198 Å². The van der Waals surface area contributed by atoms with Gasteiger partial charge in [-0.25, -0.2) is 4.98 Å². The fourth-order valence-corrected chi connectivity index (χ4v) is 4.16. The number of nitrogens with one attached hydrogen (secondary N) is 1. The molecule has 0 unspecified atom stereocenters. The zero-order valence-electron chi connectivity index (χ0n) is 18.4. The molecule has 1 amide bonds. The number of ether oxygens (including phenoxy) is 1. The second-order valence-corrected chi connectivity index (χ2v) is 8.99. The zero-order chi connectivity index (χ0) is 22.8. The number of aryl methyl sites for hydroxylation is 1. The molecule has 1 fully saturated rings. The van der Waals surface area contributed by atoms with E-state index in [0.717, 1.165) is 48.5 Å². The van der Waals surface area contributed by atoms with Gasteiger partial charge in [0.25, 0.3) is 5.91 Å². The van der Waals surface area contributed by atoms with Gasteiger partial charge in [0.1, 0.15) is 11.6 Å². The molecule has 1 atom stereocenters. The Kier molecular flexibility index (Phi) is 6.74. The van der Waals surface area contributed by atoms with Gasteiger partial charge in [-0.1, -0.05) is 23.2 Å². The van der Waals surface area contributed by atoms with Gasteiger partial charge in [-0.2, -0.15) is 0 Å². The average molecular weight is 473 g/mol. The minimum absolute atomic E-state index is 0.268. The van der Waals surface area contributed by atoms with Gasteiger partial charge in [0.2, 0.25) is 0 Å². The summed E-state index contributed by atoms with van der Waals surface area (Å²) in [7, 11) is 2.14. The number of likely N-dealkylation sites (N-methyl/N-ethyl adjacent to an activating group) is 1. The number of amides is 1. The van der Waals surface area contributed by atoms with E-state index in [1.807, 2.05) is 18.2 Å². The molecule has 8 heteroatoms. The van der Waals surface area contributed by atoms with Crippen molar-refractivity contribution in [2.45, 2.75) is 20.0 Å². The van der Waals surface area contributed by atoms with Crippen LogP contribution in [0.3, 0.4) is 0 Å². The van der Waals surface area contributed by atoms with Crippen molar-refractivity contribution in [2.75, 3.05) is 43.4 Å². The summed E-state index contributed by atoms with van der Waals surface area (Å²) in [5.41, 5.74) is 2.73. The van der Waals surface area contributed by atoms with Gasteiger partial charge in [-0.05, 0) is 68.9 Å². The van der Waals surface area contributed by atoms with E-state index >= 15 is 0 Å². The quantitative estimate of drug-likeness (QED) is 0.565. The molecular weight excluding hydrogens is 447 g/mol. The van der Waals surface area contributed by atoms with Crippen LogP contribution in [-0.2, 0) is 4.79 Å². The molecule has 168 valence electrons. The number of nitrogens with zero attached hydrogens (tertiary/aromatic N) is 3. The van der Waals surface area contributed by atoms with Crippen molar-refractivity contribution in [1.29, 1.82) is 0 Å². The van der Waals surface area contributed by atoms with Crippen LogP contribution >= 0.6 is 23.2 Å². The van der Waals surface area contributed by atoms with Crippen molar-refractivity contribution < 1.29 is 9.53 Å². The summed E-state index contributed by atoms with van der Waals surface area (Å²) in [6.45, 7) is 7.76. The number of anilines is 2. The van der Waals surface area contributed by atoms with E-state index in [9.17, 15) is 4.79 Å². The molecule has 0 radical (unpaired) electrons. The highest BCUT2D eigenvalue weighted by molar-refractivity contribution is 6.35. The summed E-state index contributed by atoms with van der Waals surface area (Å²) < 4.78 is 5.71. The van der Waals surface area contributed by atoms with Crippen LogP contribution in [-0.4, -0.2) is 55.1 Å². The van der Waals surface area contributed by atoms with Gasteiger partial charge < -0.3 is 19.9 Å². The molecule has 1 aliphatic heterocycles. The molecule has 2 heterocycles. The van der Waals surface area contributed by atoms with E-state index in [4.69, 9.17) is 32.9 Å². The topological polar surface area (TPSA) is 57.7 Å². The van der Waals surface area contributed by atoms with Crippen molar-refractivity contribution in [3.8, 4) is 5.75 Å². The molecule has 0 saturated carbocycles. The van der Waals surface area contributed by atoms with Crippen molar-refractivity contribution in [1.82, 2.24) is 9.88 Å². The predicted molar refractivity (Wildman–Crippen MR) is 131 cm³/mol. The standard InChI is InChI=1S/C24H26Cl2N4O2/c1-15-12-23(30-10-8-29(3)9-11-30)28-21-6-5-18(14-19(15)21)27-24(31)16(2)32-22-7-4-17(25)13-20(22)26/h4-7,12-14,16H,8-11H2,1-3H3,(H,27,31)/t16-/m0/s1. The maximum atomic E-state index is 12.7. The third kappa shape index (κ3) is 5.09. The average Bonchev–Trinajstić information content (AvgIpc) is 2.76. The molecule has 6 nitrogen and oxygen atoms in total. The fraction of sp³-hybridized carbons (Fsp3) is 0.333. The number of hydrogen-bond donors (Lipinski definition) is 1. The number of carbonyl (C=O) groups is 1. The number of pyridine rings is 1. The lowest BCUT2D eigenvalue weighted by Gasteiger charge is -2.33. The van der Waals surface area contributed by atoms with Crippen molar-refractivity contribution in [2.24, 2.45) is 0 Å². The Bertz CT molecular complexity index is 1150. The van der Waals surface area contributed by atoms with Gasteiger partial charge in [-0.3, -0.25) is 4.79 Å². The first-order chi connectivity index (χ1) is 15.3. The minimum Gasteiger partial charge on any atom is -0.479 e. The number of carbonyl (C=O) groups excluding carboxylic acids is 1. The number of rotatable bonds is 5. The molecule has 4 rings (SSSR count). The van der Waals surface area contributed by atoms with Gasteiger partial charge in [0, 0.05) is 42.3 Å². The molecular formula is C24H26Cl2N4O2. The molecule has 2 aromatic carbocycles. The summed E-state index contributed by atoms with van der Waals surface area (Å²) in [6.07, 6.45) is -0.733. The van der Waals surface area contributed by atoms with E-state index < -0.39 is 6.10 Å². The predicted octanol–water partition coefficient (Wildman–Crippen LogP) is 5.01. The lowest BCUT2D eigenvalue weighted by atomic mass is 10.1. The van der Waals surface area contributed by atoms with Gasteiger partial charge in [-0.15, -0.1) is 0 Å². The first kappa shape index (κ1) is 22.6. The second kappa shape index (κ2) is 9.53. The van der Waals surface area contributed by atoms with Crippen LogP contribution in [0, 0.1) is 6.92 Å². The molecule has 3 aromatic rings. The van der Waals surface area contributed by atoms with Crippen LogP contribution in [0.1, 0.15) is 12.5 Å². The van der Waals surface area contributed by atoms with Crippen LogP contribution in [0.5, 0.6) is 5.75 Å². The number of piperazine rings is 1. The number of fused-ring (bicyclic) bond motifs is 1. The lowest BCUT2D eigenvalue weighted by Crippen LogP contribution is -2.44. The smallest absolute Gasteiger partial charge is 0.265 e. The third-order valence-electron chi connectivity index (χ3n) is 5.66. The van der Waals surface area contributed by atoms with Crippen LogP contribution in [0.15, 0.2) is 42.5 Å². The van der Waals surface area contributed by atoms with Crippen molar-refractivity contribution in [3.05, 3.63) is 58.1 Å². The van der Waals surface area contributed by atoms with E-state index in [0.29, 0.717) is 21.5 Å². The molecule has 1 N–H and O–H groups in total. The van der Waals surface area contributed by atoms with Crippen molar-refractivity contribution >= 4 is 51.5 Å². The fourth-order valence-electron chi connectivity index (χ4n) is 3.71. The second-order valence-electron chi connectivity index (χ2n) is 8.14. The Morgan fingerprint density at radius 1 is 1.09 bits per heavy atom. The maximum Gasteiger partial charge on any atom is 0.265 e. The SMILES string of the molecule is Cc1cc(N2CCN(C)CC2)nc2ccc(NC(=O)[C@H](C)Oc3ccc(Cl)cc3Cl)cc12. The highest BCUT2D eigenvalue weighted by Crippen LogP contribution is 2.29. The third-order valence-corrected chi connectivity index (χ3v) is 6.19.